The molecule has 0 heteroatoms. The van der Waals surface area contributed by atoms with Crippen LogP contribution >= 0.6 is 0 Å². The zero-order chi connectivity index (χ0) is 16.5. The van der Waals surface area contributed by atoms with Gasteiger partial charge in [-0.2, -0.15) is 0 Å². The first-order valence-electron chi connectivity index (χ1n) is 8.53. The van der Waals surface area contributed by atoms with E-state index in [-0.39, 0.29) is 5.41 Å². The van der Waals surface area contributed by atoms with E-state index in [9.17, 15) is 0 Å². The molecule has 1 aromatic rings. The molecule has 0 spiro atoms. The Hall–Kier alpha value is -1.30. The fourth-order valence-corrected chi connectivity index (χ4v) is 3.04. The van der Waals surface area contributed by atoms with Gasteiger partial charge in [-0.1, -0.05) is 94.7 Å². The fraction of sp³-hybridized carbons (Fsp3) is 0.545. The minimum atomic E-state index is 0.260. The Morgan fingerprint density at radius 1 is 0.955 bits per heavy atom. The van der Waals surface area contributed by atoms with Crippen LogP contribution in [-0.2, 0) is 0 Å². The zero-order valence-electron chi connectivity index (χ0n) is 15.5. The lowest BCUT2D eigenvalue weighted by molar-refractivity contribution is 0.277. The molecule has 0 N–H and O–H groups in total. The average Bonchev–Trinajstić information content (AvgIpc) is 2.39. The highest BCUT2D eigenvalue weighted by Gasteiger charge is 2.30. The molecular formula is C22H32. The maximum atomic E-state index is 2.56. The minimum Gasteiger partial charge on any atom is -0.0805 e. The molecule has 0 fully saturated rings. The van der Waals surface area contributed by atoms with Gasteiger partial charge in [-0.25, -0.2) is 0 Å². The van der Waals surface area contributed by atoms with E-state index < -0.39 is 0 Å². The largest absolute Gasteiger partial charge is 0.0805 e. The predicted octanol–water partition coefficient (Wildman–Crippen LogP) is 6.81. The van der Waals surface area contributed by atoms with Crippen LogP contribution in [0.1, 0.15) is 65.5 Å². The van der Waals surface area contributed by atoms with Crippen molar-refractivity contribution in [1.82, 2.24) is 0 Å². The van der Waals surface area contributed by atoms with Gasteiger partial charge in [0.2, 0.25) is 0 Å². The van der Waals surface area contributed by atoms with Crippen molar-refractivity contribution in [1.29, 1.82) is 0 Å². The lowest BCUT2D eigenvalue weighted by atomic mass is 9.68. The zero-order valence-corrected chi connectivity index (χ0v) is 15.5. The Kier molecular flexibility index (Phi) is 4.70. The second kappa shape index (κ2) is 6.07. The normalized spacial score (nSPS) is 21.9. The monoisotopic (exact) mass is 296 g/mol. The van der Waals surface area contributed by atoms with E-state index in [0.29, 0.717) is 11.3 Å². The van der Waals surface area contributed by atoms with E-state index in [4.69, 9.17) is 0 Å². The van der Waals surface area contributed by atoms with E-state index >= 15 is 0 Å². The van der Waals surface area contributed by atoms with Gasteiger partial charge >= 0.3 is 0 Å². The molecule has 120 valence electrons. The van der Waals surface area contributed by atoms with Crippen molar-refractivity contribution in [2.24, 2.45) is 16.7 Å². The number of hydrogen-bond donors (Lipinski definition) is 0. The third-order valence-corrected chi connectivity index (χ3v) is 4.83. The van der Waals surface area contributed by atoms with E-state index in [1.165, 1.54) is 17.5 Å². The molecule has 2 rings (SSSR count). The highest BCUT2D eigenvalue weighted by Crippen LogP contribution is 2.44. The molecule has 0 heterocycles. The van der Waals surface area contributed by atoms with Gasteiger partial charge in [0.25, 0.3) is 0 Å². The van der Waals surface area contributed by atoms with Crippen molar-refractivity contribution in [3.63, 3.8) is 0 Å². The molecule has 0 saturated carbocycles. The van der Waals surface area contributed by atoms with Gasteiger partial charge in [0, 0.05) is 0 Å². The number of hydrogen-bond acceptors (Lipinski definition) is 0. The van der Waals surface area contributed by atoms with Gasteiger partial charge in [0.1, 0.15) is 0 Å². The third-order valence-electron chi connectivity index (χ3n) is 4.83. The first kappa shape index (κ1) is 17.1. The van der Waals surface area contributed by atoms with Crippen LogP contribution in [0.3, 0.4) is 0 Å². The van der Waals surface area contributed by atoms with Crippen LogP contribution in [0.5, 0.6) is 0 Å². The van der Waals surface area contributed by atoms with Gasteiger partial charge in [0.05, 0.1) is 0 Å². The standard InChI is InChI=1S/C22H32/c1-16-8-10-17(11-9-16)12-18-13-19(21(2,3)4)15-20(14-18)22(5,6)7/h8-12,15,19H,13-14H2,1-7H3. The van der Waals surface area contributed by atoms with Crippen LogP contribution < -0.4 is 0 Å². The van der Waals surface area contributed by atoms with Gasteiger partial charge in [-0.15, -0.1) is 0 Å². The fourth-order valence-electron chi connectivity index (χ4n) is 3.04. The van der Waals surface area contributed by atoms with Gasteiger partial charge in [-0.3, -0.25) is 0 Å². The summed E-state index contributed by atoms with van der Waals surface area (Å²) in [5.74, 6) is 0.632. The summed E-state index contributed by atoms with van der Waals surface area (Å²) in [6.07, 6.45) is 7.30. The minimum absolute atomic E-state index is 0.260. The molecule has 0 nitrogen and oxygen atoms in total. The van der Waals surface area contributed by atoms with Gasteiger partial charge in [0.15, 0.2) is 0 Å². The maximum absolute atomic E-state index is 2.56. The van der Waals surface area contributed by atoms with Crippen LogP contribution in [0.15, 0.2) is 41.5 Å². The second-order valence-corrected chi connectivity index (χ2v) is 9.01. The Balaban J connectivity index is 2.34. The summed E-state index contributed by atoms with van der Waals surface area (Å²) in [4.78, 5) is 0. The molecule has 1 atom stereocenters. The molecule has 1 aliphatic carbocycles. The second-order valence-electron chi connectivity index (χ2n) is 9.01. The molecule has 0 amide bonds. The van der Waals surface area contributed by atoms with E-state index in [1.54, 1.807) is 11.1 Å². The van der Waals surface area contributed by atoms with Crippen LogP contribution in [0, 0.1) is 23.7 Å². The summed E-state index contributed by atoms with van der Waals surface area (Å²) >= 11 is 0. The SMILES string of the molecule is Cc1ccc(C=C2CC(C(C)(C)C)=CC(C(C)(C)C)C2)cc1. The van der Waals surface area contributed by atoms with Crippen molar-refractivity contribution in [3.05, 3.63) is 52.6 Å². The Bertz CT molecular complexity index is 568. The molecule has 1 aliphatic rings. The topological polar surface area (TPSA) is 0 Å². The summed E-state index contributed by atoms with van der Waals surface area (Å²) in [6.45, 7) is 16.3. The summed E-state index contributed by atoms with van der Waals surface area (Å²) < 4.78 is 0. The van der Waals surface area contributed by atoms with Crippen molar-refractivity contribution in [3.8, 4) is 0 Å². The number of benzene rings is 1. The molecular weight excluding hydrogens is 264 g/mol. The van der Waals surface area contributed by atoms with Crippen LogP contribution in [-0.4, -0.2) is 0 Å². The molecule has 0 bridgehead atoms. The quantitative estimate of drug-likeness (QED) is 0.499. The van der Waals surface area contributed by atoms with Crippen molar-refractivity contribution in [2.75, 3.05) is 0 Å². The van der Waals surface area contributed by atoms with Crippen molar-refractivity contribution < 1.29 is 0 Å². The molecule has 1 unspecified atom stereocenters. The van der Waals surface area contributed by atoms with Crippen LogP contribution in [0.25, 0.3) is 6.08 Å². The van der Waals surface area contributed by atoms with Crippen molar-refractivity contribution in [2.45, 2.75) is 61.3 Å². The Labute approximate surface area is 137 Å². The molecule has 0 radical (unpaired) electrons. The lowest BCUT2D eigenvalue weighted by Crippen LogP contribution is -2.25. The third kappa shape index (κ3) is 4.35. The lowest BCUT2D eigenvalue weighted by Gasteiger charge is -2.37. The summed E-state index contributed by atoms with van der Waals surface area (Å²) in [6, 6.07) is 8.89. The van der Waals surface area contributed by atoms with Crippen molar-refractivity contribution >= 4 is 6.08 Å². The van der Waals surface area contributed by atoms with Gasteiger partial charge in [-0.05, 0) is 42.1 Å². The highest BCUT2D eigenvalue weighted by atomic mass is 14.4. The summed E-state index contributed by atoms with van der Waals surface area (Å²) in [5.41, 5.74) is 6.42. The van der Waals surface area contributed by atoms with E-state index in [0.717, 1.165) is 6.42 Å². The summed E-state index contributed by atoms with van der Waals surface area (Å²) in [7, 11) is 0. The smallest absolute Gasteiger partial charge is 0.00996 e. The Morgan fingerprint density at radius 3 is 2.05 bits per heavy atom. The Morgan fingerprint density at radius 2 is 1.55 bits per heavy atom. The van der Waals surface area contributed by atoms with Crippen LogP contribution in [0.2, 0.25) is 0 Å². The van der Waals surface area contributed by atoms with E-state index in [1.807, 2.05) is 0 Å². The highest BCUT2D eigenvalue weighted by molar-refractivity contribution is 5.55. The number of aryl methyl sites for hydroxylation is 1. The summed E-state index contributed by atoms with van der Waals surface area (Å²) in [5, 5.41) is 0. The molecule has 0 saturated heterocycles. The number of allylic oxidation sites excluding steroid dienone is 3. The molecule has 22 heavy (non-hydrogen) atoms. The number of rotatable bonds is 1. The first-order chi connectivity index (χ1) is 10.1. The first-order valence-corrected chi connectivity index (χ1v) is 8.53. The average molecular weight is 296 g/mol. The molecule has 0 aliphatic heterocycles. The van der Waals surface area contributed by atoms with E-state index in [2.05, 4.69) is 84.9 Å². The van der Waals surface area contributed by atoms with Crippen LogP contribution in [0.4, 0.5) is 0 Å². The maximum Gasteiger partial charge on any atom is -0.00996 e. The molecule has 1 aromatic carbocycles. The van der Waals surface area contributed by atoms with Gasteiger partial charge < -0.3 is 0 Å². The molecule has 0 aromatic heterocycles. The predicted molar refractivity (Wildman–Crippen MR) is 98.9 cm³/mol.